The molecule has 0 unspecified atom stereocenters. The molecular formula is C8H14N2O. The molecule has 3 nitrogen and oxygen atoms in total. The van der Waals surface area contributed by atoms with E-state index in [1.54, 1.807) is 6.08 Å². The lowest BCUT2D eigenvalue weighted by atomic mass is 10.2. The van der Waals surface area contributed by atoms with Crippen molar-refractivity contribution in [3.8, 4) is 0 Å². The van der Waals surface area contributed by atoms with Gasteiger partial charge in [-0.15, -0.1) is 0 Å². The predicted molar refractivity (Wildman–Crippen MR) is 44.2 cm³/mol. The van der Waals surface area contributed by atoms with E-state index in [4.69, 9.17) is 0 Å². The fourth-order valence-corrected chi connectivity index (χ4v) is 0.865. The van der Waals surface area contributed by atoms with Crippen LogP contribution in [0, 0.1) is 0 Å². The molecule has 11 heavy (non-hydrogen) atoms. The molecule has 1 rings (SSSR count). The summed E-state index contributed by atoms with van der Waals surface area (Å²) < 4.78 is 0. The summed E-state index contributed by atoms with van der Waals surface area (Å²) >= 11 is 0. The molecule has 62 valence electrons. The summed E-state index contributed by atoms with van der Waals surface area (Å²) in [7, 11) is 0. The first-order valence-electron chi connectivity index (χ1n) is 4.00. The molecule has 0 spiro atoms. The number of hydrogen-bond acceptors (Lipinski definition) is 2. The fourth-order valence-electron chi connectivity index (χ4n) is 0.865. The number of allylic oxidation sites excluding steroid dienone is 1. The van der Waals surface area contributed by atoms with Crippen LogP contribution >= 0.6 is 0 Å². The molecule has 0 radical (unpaired) electrons. The van der Waals surface area contributed by atoms with Crippen LogP contribution in [0.15, 0.2) is 12.2 Å². The quantitative estimate of drug-likeness (QED) is 0.563. The van der Waals surface area contributed by atoms with E-state index in [0.717, 1.165) is 19.5 Å². The first-order valence-corrected chi connectivity index (χ1v) is 4.00. The second-order valence-corrected chi connectivity index (χ2v) is 2.67. The minimum Gasteiger partial charge on any atom is -0.347 e. The first-order chi connectivity index (χ1) is 5.33. The van der Waals surface area contributed by atoms with Gasteiger partial charge in [-0.25, -0.2) is 0 Å². The molecule has 0 atom stereocenters. The average Bonchev–Trinajstić information content (AvgIpc) is 1.93. The van der Waals surface area contributed by atoms with Gasteiger partial charge in [0.25, 0.3) is 0 Å². The largest absolute Gasteiger partial charge is 0.347 e. The molecule has 1 aliphatic heterocycles. The number of carbonyl (C=O) groups excluding carboxylic acids is 1. The van der Waals surface area contributed by atoms with E-state index in [1.807, 2.05) is 13.0 Å². The Morgan fingerprint density at radius 2 is 2.45 bits per heavy atom. The van der Waals surface area contributed by atoms with Gasteiger partial charge in [-0.05, 0) is 12.5 Å². The van der Waals surface area contributed by atoms with Crippen molar-refractivity contribution in [2.45, 2.75) is 19.4 Å². The van der Waals surface area contributed by atoms with Crippen LogP contribution in [-0.2, 0) is 4.79 Å². The predicted octanol–water partition coefficient (Wildman–Crippen LogP) is 0.0406. The Balaban J connectivity index is 2.14. The second kappa shape index (κ2) is 4.13. The number of hydrogen-bond donors (Lipinski definition) is 2. The van der Waals surface area contributed by atoms with Crippen LogP contribution in [0.3, 0.4) is 0 Å². The van der Waals surface area contributed by atoms with Crippen molar-refractivity contribution in [1.82, 2.24) is 10.6 Å². The SMILES string of the molecule is CC/C=C/C(=O)NC1CNC1. The number of amides is 1. The van der Waals surface area contributed by atoms with Crippen molar-refractivity contribution in [3.63, 3.8) is 0 Å². The van der Waals surface area contributed by atoms with Gasteiger partial charge in [0.2, 0.25) is 5.91 Å². The summed E-state index contributed by atoms with van der Waals surface area (Å²) in [5.74, 6) is 0.0263. The van der Waals surface area contributed by atoms with Gasteiger partial charge in [0.15, 0.2) is 0 Å². The van der Waals surface area contributed by atoms with Gasteiger partial charge >= 0.3 is 0 Å². The maximum atomic E-state index is 11.0. The Labute approximate surface area is 66.9 Å². The molecule has 1 saturated heterocycles. The Bertz CT molecular complexity index is 161. The molecule has 0 saturated carbocycles. The van der Waals surface area contributed by atoms with E-state index in [-0.39, 0.29) is 5.91 Å². The van der Waals surface area contributed by atoms with Crippen LogP contribution in [0.2, 0.25) is 0 Å². The summed E-state index contributed by atoms with van der Waals surface area (Å²) in [6.45, 7) is 3.83. The van der Waals surface area contributed by atoms with E-state index in [1.165, 1.54) is 0 Å². The summed E-state index contributed by atoms with van der Waals surface area (Å²) in [6, 6.07) is 0.351. The van der Waals surface area contributed by atoms with Crippen LogP contribution in [-0.4, -0.2) is 25.0 Å². The van der Waals surface area contributed by atoms with Crippen LogP contribution in [0.5, 0.6) is 0 Å². The first kappa shape index (κ1) is 8.27. The Morgan fingerprint density at radius 1 is 1.73 bits per heavy atom. The molecule has 2 N–H and O–H groups in total. The monoisotopic (exact) mass is 154 g/mol. The highest BCUT2D eigenvalue weighted by molar-refractivity contribution is 5.87. The third-order valence-electron chi connectivity index (χ3n) is 1.63. The van der Waals surface area contributed by atoms with Gasteiger partial charge in [0, 0.05) is 13.1 Å². The van der Waals surface area contributed by atoms with E-state index < -0.39 is 0 Å². The van der Waals surface area contributed by atoms with Crippen molar-refractivity contribution in [3.05, 3.63) is 12.2 Å². The van der Waals surface area contributed by atoms with Crippen LogP contribution < -0.4 is 10.6 Å². The van der Waals surface area contributed by atoms with E-state index in [9.17, 15) is 4.79 Å². The number of rotatable bonds is 3. The highest BCUT2D eigenvalue weighted by Crippen LogP contribution is 1.90. The van der Waals surface area contributed by atoms with Crippen molar-refractivity contribution in [1.29, 1.82) is 0 Å². The molecule has 0 aromatic rings. The van der Waals surface area contributed by atoms with Crippen molar-refractivity contribution >= 4 is 5.91 Å². The molecule has 1 amide bonds. The van der Waals surface area contributed by atoms with Crippen LogP contribution in [0.1, 0.15) is 13.3 Å². The van der Waals surface area contributed by atoms with E-state index in [2.05, 4.69) is 10.6 Å². The summed E-state index contributed by atoms with van der Waals surface area (Å²) in [5.41, 5.74) is 0. The standard InChI is InChI=1S/C8H14N2O/c1-2-3-4-8(11)10-7-5-9-6-7/h3-4,7,9H,2,5-6H2,1H3,(H,10,11)/b4-3+. The zero-order valence-corrected chi connectivity index (χ0v) is 6.76. The lowest BCUT2D eigenvalue weighted by Gasteiger charge is -2.27. The Morgan fingerprint density at radius 3 is 2.91 bits per heavy atom. The van der Waals surface area contributed by atoms with Gasteiger partial charge in [-0.2, -0.15) is 0 Å². The zero-order chi connectivity index (χ0) is 8.10. The number of carbonyl (C=O) groups is 1. The topological polar surface area (TPSA) is 41.1 Å². The van der Waals surface area contributed by atoms with E-state index >= 15 is 0 Å². The van der Waals surface area contributed by atoms with Gasteiger partial charge in [-0.1, -0.05) is 13.0 Å². The van der Waals surface area contributed by atoms with Gasteiger partial charge in [0.05, 0.1) is 6.04 Å². The van der Waals surface area contributed by atoms with Crippen molar-refractivity contribution in [2.24, 2.45) is 0 Å². The molecule has 1 fully saturated rings. The van der Waals surface area contributed by atoms with Crippen LogP contribution in [0.4, 0.5) is 0 Å². The minimum absolute atomic E-state index is 0.0263. The molecule has 3 heteroatoms. The van der Waals surface area contributed by atoms with Crippen molar-refractivity contribution < 1.29 is 4.79 Å². The summed E-state index contributed by atoms with van der Waals surface area (Å²) in [6.07, 6.45) is 4.37. The Kier molecular flexibility index (Phi) is 3.11. The lowest BCUT2D eigenvalue weighted by molar-refractivity contribution is -0.117. The normalized spacial score (nSPS) is 18.3. The number of nitrogens with one attached hydrogen (secondary N) is 2. The minimum atomic E-state index is 0.0263. The molecule has 0 bridgehead atoms. The van der Waals surface area contributed by atoms with Gasteiger partial charge in [-0.3, -0.25) is 4.79 Å². The average molecular weight is 154 g/mol. The fraction of sp³-hybridized carbons (Fsp3) is 0.625. The lowest BCUT2D eigenvalue weighted by Crippen LogP contribution is -2.56. The molecule has 1 aliphatic rings. The maximum absolute atomic E-state index is 11.0. The molecule has 0 aromatic heterocycles. The maximum Gasteiger partial charge on any atom is 0.243 e. The summed E-state index contributed by atoms with van der Waals surface area (Å²) in [5, 5.41) is 5.95. The molecule has 1 heterocycles. The Hall–Kier alpha value is -0.830. The van der Waals surface area contributed by atoms with Gasteiger partial charge < -0.3 is 10.6 Å². The molecule has 0 aliphatic carbocycles. The molecular weight excluding hydrogens is 140 g/mol. The van der Waals surface area contributed by atoms with E-state index in [0.29, 0.717) is 6.04 Å². The third-order valence-corrected chi connectivity index (χ3v) is 1.63. The second-order valence-electron chi connectivity index (χ2n) is 2.67. The summed E-state index contributed by atoms with van der Waals surface area (Å²) in [4.78, 5) is 11.0. The highest BCUT2D eigenvalue weighted by Gasteiger charge is 2.16. The highest BCUT2D eigenvalue weighted by atomic mass is 16.1. The molecule has 0 aromatic carbocycles. The smallest absolute Gasteiger partial charge is 0.243 e. The third kappa shape index (κ3) is 2.72. The van der Waals surface area contributed by atoms with Crippen molar-refractivity contribution in [2.75, 3.05) is 13.1 Å². The van der Waals surface area contributed by atoms with Crippen LogP contribution in [0.25, 0.3) is 0 Å². The van der Waals surface area contributed by atoms with Gasteiger partial charge in [0.1, 0.15) is 0 Å². The zero-order valence-electron chi connectivity index (χ0n) is 6.76.